The predicted molar refractivity (Wildman–Crippen MR) is 123 cm³/mol. The minimum absolute atomic E-state index is 0.0567. The largest absolute Gasteiger partial charge is 0.418 e. The molecule has 1 aliphatic heterocycles. The van der Waals surface area contributed by atoms with E-state index in [1.165, 1.54) is 24.9 Å². The van der Waals surface area contributed by atoms with E-state index in [0.717, 1.165) is 24.4 Å². The number of carbonyl (C=O) groups excluding carboxylic acids is 2. The summed E-state index contributed by atoms with van der Waals surface area (Å²) < 4.78 is 73.0. The lowest BCUT2D eigenvalue weighted by molar-refractivity contribution is -0.137. The molecule has 1 aliphatic rings. The van der Waals surface area contributed by atoms with Gasteiger partial charge in [0.15, 0.2) is 0 Å². The molecule has 2 aromatic heterocycles. The lowest BCUT2D eigenvalue weighted by Gasteiger charge is -2.21. The molecular weight excluding hydrogens is 515 g/mol. The molecule has 0 spiro atoms. The van der Waals surface area contributed by atoms with Crippen LogP contribution in [0.1, 0.15) is 28.0 Å². The Kier molecular flexibility index (Phi) is 7.71. The van der Waals surface area contributed by atoms with Crippen LogP contribution in [0.25, 0.3) is 0 Å². The number of hydrogen-bond acceptors (Lipinski definition) is 7. The van der Waals surface area contributed by atoms with E-state index in [4.69, 9.17) is 4.74 Å². The summed E-state index contributed by atoms with van der Waals surface area (Å²) in [4.78, 5) is 40.4. The Hall–Kier alpha value is -4.33. The Morgan fingerprint density at radius 2 is 1.89 bits per heavy atom. The molecule has 1 fully saturated rings. The zero-order valence-corrected chi connectivity index (χ0v) is 19.4. The monoisotopic (exact) mass is 534 g/mol. The molecule has 0 unspecified atom stereocenters. The molecule has 0 aliphatic carbocycles. The van der Waals surface area contributed by atoms with E-state index < -0.39 is 46.3 Å². The summed E-state index contributed by atoms with van der Waals surface area (Å²) in [5.41, 5.74) is -3.21. The van der Waals surface area contributed by atoms with Crippen LogP contribution in [-0.4, -0.2) is 46.2 Å². The van der Waals surface area contributed by atoms with Gasteiger partial charge in [0.25, 0.3) is 5.91 Å². The highest BCUT2D eigenvalue weighted by Gasteiger charge is 2.41. The number of nitrogens with one attached hydrogen (secondary N) is 2. The number of anilines is 2. The number of nitrogens with zero attached hydrogens (tertiary/aromatic N) is 4. The maximum absolute atomic E-state index is 14.7. The fourth-order valence-corrected chi connectivity index (χ4v) is 3.61. The Morgan fingerprint density at radius 1 is 1.13 bits per heavy atom. The number of amides is 2. The number of hydrogen-bond donors (Lipinski definition) is 2. The number of rotatable bonds is 7. The first-order chi connectivity index (χ1) is 18.1. The molecule has 0 bridgehead atoms. The van der Waals surface area contributed by atoms with Crippen molar-refractivity contribution in [2.24, 2.45) is 10.4 Å². The summed E-state index contributed by atoms with van der Waals surface area (Å²) in [7, 11) is 0. The van der Waals surface area contributed by atoms with Crippen LogP contribution >= 0.6 is 0 Å². The number of benzene rings is 1. The van der Waals surface area contributed by atoms with Gasteiger partial charge in [-0.15, -0.1) is 0 Å². The molecule has 9 nitrogen and oxygen atoms in total. The summed E-state index contributed by atoms with van der Waals surface area (Å²) in [5, 5.41) is 4.91. The van der Waals surface area contributed by atoms with Gasteiger partial charge >= 0.3 is 6.18 Å². The van der Waals surface area contributed by atoms with Crippen LogP contribution in [0.5, 0.6) is 0 Å². The molecule has 2 amide bonds. The summed E-state index contributed by atoms with van der Waals surface area (Å²) in [6, 6.07) is 2.93. The van der Waals surface area contributed by atoms with Crippen LogP contribution in [0.2, 0.25) is 0 Å². The van der Waals surface area contributed by atoms with E-state index in [-0.39, 0.29) is 43.1 Å². The third-order valence-corrected chi connectivity index (χ3v) is 5.64. The zero-order chi connectivity index (χ0) is 27.3. The first-order valence-corrected chi connectivity index (χ1v) is 11.1. The van der Waals surface area contributed by atoms with Crippen LogP contribution in [0.4, 0.5) is 33.3 Å². The average molecular weight is 534 g/mol. The molecule has 1 saturated heterocycles. The quantitative estimate of drug-likeness (QED) is 0.349. The molecular formula is C24H19F5N6O3. The summed E-state index contributed by atoms with van der Waals surface area (Å²) >= 11 is 0. The predicted octanol–water partition coefficient (Wildman–Crippen LogP) is 3.85. The van der Waals surface area contributed by atoms with Crippen molar-refractivity contribution >= 4 is 29.4 Å². The number of halogens is 5. The molecule has 0 saturated carbocycles. The van der Waals surface area contributed by atoms with Crippen LogP contribution in [0.3, 0.4) is 0 Å². The maximum Gasteiger partial charge on any atom is 0.418 e. The third-order valence-electron chi connectivity index (χ3n) is 5.64. The summed E-state index contributed by atoms with van der Waals surface area (Å²) in [5.74, 6) is -3.22. The van der Waals surface area contributed by atoms with Crippen molar-refractivity contribution in [3.63, 3.8) is 0 Å². The van der Waals surface area contributed by atoms with E-state index >= 15 is 0 Å². The number of alkyl halides is 3. The molecule has 2 N–H and O–H groups in total. The lowest BCUT2D eigenvalue weighted by atomic mass is 9.87. The first kappa shape index (κ1) is 26.7. The normalized spacial score (nSPS) is 17.5. The Balaban J connectivity index is 1.44. The van der Waals surface area contributed by atoms with Gasteiger partial charge in [-0.2, -0.15) is 13.2 Å². The molecule has 0 radical (unpaired) electrons. The van der Waals surface area contributed by atoms with E-state index in [2.05, 4.69) is 30.6 Å². The lowest BCUT2D eigenvalue weighted by Crippen LogP contribution is -2.43. The van der Waals surface area contributed by atoms with E-state index in [1.807, 2.05) is 0 Å². The topological polar surface area (TPSA) is 118 Å². The van der Waals surface area contributed by atoms with Crippen LogP contribution in [0.15, 0.2) is 54.2 Å². The summed E-state index contributed by atoms with van der Waals surface area (Å²) in [6.45, 7) is -0.178. The van der Waals surface area contributed by atoms with E-state index in [9.17, 15) is 31.5 Å². The van der Waals surface area contributed by atoms with Crippen molar-refractivity contribution in [1.82, 2.24) is 20.3 Å². The third kappa shape index (κ3) is 6.14. The van der Waals surface area contributed by atoms with Gasteiger partial charge in [0.05, 0.1) is 47.5 Å². The second-order valence-corrected chi connectivity index (χ2v) is 8.30. The van der Waals surface area contributed by atoms with Crippen molar-refractivity contribution in [3.05, 3.63) is 77.6 Å². The second-order valence-electron chi connectivity index (χ2n) is 8.30. The fraction of sp³-hybridized carbons (Fsp3) is 0.250. The van der Waals surface area contributed by atoms with Gasteiger partial charge in [0.2, 0.25) is 5.91 Å². The van der Waals surface area contributed by atoms with Gasteiger partial charge in [0, 0.05) is 31.3 Å². The van der Waals surface area contributed by atoms with Gasteiger partial charge in [-0.25, -0.2) is 23.7 Å². The Morgan fingerprint density at radius 3 is 2.55 bits per heavy atom. The van der Waals surface area contributed by atoms with Crippen molar-refractivity contribution in [1.29, 1.82) is 0 Å². The second kappa shape index (κ2) is 11.0. The van der Waals surface area contributed by atoms with Gasteiger partial charge in [-0.1, -0.05) is 0 Å². The molecule has 1 atom stereocenters. The molecule has 3 aromatic rings. The fourth-order valence-electron chi connectivity index (χ4n) is 3.61. The van der Waals surface area contributed by atoms with Crippen molar-refractivity contribution in [3.8, 4) is 0 Å². The van der Waals surface area contributed by atoms with Crippen LogP contribution in [-0.2, 0) is 22.3 Å². The number of aromatic nitrogens is 3. The number of pyridine rings is 1. The standard InChI is InChI=1S/C24H19F5N6O3/c25-15-1-2-19(17(5-15)24(27,28)29)35-16-6-18(26)20(32-9-16)10-33-22(37)23(3-4-38-12-23)11-34-21(36)14-7-30-13-31-8-14/h1-2,5-9,11,13,35H,3-4,10,12H2,(H,33,37)/t23-/m0/s1. The number of carbonyl (C=O) groups is 2. The highest BCUT2D eigenvalue weighted by molar-refractivity contribution is 6.05. The van der Waals surface area contributed by atoms with Gasteiger partial charge in [-0.05, 0) is 24.6 Å². The smallest absolute Gasteiger partial charge is 0.380 e. The Labute approximate surface area is 212 Å². The molecule has 3 heterocycles. The summed E-state index contributed by atoms with van der Waals surface area (Å²) in [6.07, 6.45) is 1.43. The minimum atomic E-state index is -4.84. The molecule has 198 valence electrons. The average Bonchev–Trinajstić information content (AvgIpc) is 3.38. The maximum atomic E-state index is 14.7. The SMILES string of the molecule is O=C(N=C[C@@]1(C(=O)NCc2ncc(Nc3ccc(F)cc3C(F)(F)F)cc2F)CCOC1)c1cncnc1. The van der Waals surface area contributed by atoms with E-state index in [0.29, 0.717) is 6.07 Å². The highest BCUT2D eigenvalue weighted by Crippen LogP contribution is 2.36. The zero-order valence-electron chi connectivity index (χ0n) is 19.4. The molecule has 38 heavy (non-hydrogen) atoms. The van der Waals surface area contributed by atoms with Crippen LogP contribution in [0, 0.1) is 17.0 Å². The number of aliphatic imine (C=N–C) groups is 1. The van der Waals surface area contributed by atoms with Gasteiger partial charge < -0.3 is 15.4 Å². The van der Waals surface area contributed by atoms with Gasteiger partial charge in [0.1, 0.15) is 23.4 Å². The van der Waals surface area contributed by atoms with Crippen LogP contribution < -0.4 is 10.6 Å². The Bertz CT molecular complexity index is 1360. The van der Waals surface area contributed by atoms with Gasteiger partial charge in [-0.3, -0.25) is 14.6 Å². The molecule has 1 aromatic carbocycles. The van der Waals surface area contributed by atoms with E-state index in [1.54, 1.807) is 0 Å². The van der Waals surface area contributed by atoms with Crippen molar-refractivity contribution in [2.45, 2.75) is 19.1 Å². The highest BCUT2D eigenvalue weighted by atomic mass is 19.4. The minimum Gasteiger partial charge on any atom is -0.380 e. The van der Waals surface area contributed by atoms with Crippen molar-refractivity contribution in [2.75, 3.05) is 18.5 Å². The molecule has 14 heteroatoms. The van der Waals surface area contributed by atoms with Crippen molar-refractivity contribution < 1.29 is 36.3 Å². The molecule has 4 rings (SSSR count). The number of ether oxygens (including phenoxy) is 1. The first-order valence-electron chi connectivity index (χ1n) is 11.1.